The summed E-state index contributed by atoms with van der Waals surface area (Å²) in [6, 6.07) is 60.4. The summed E-state index contributed by atoms with van der Waals surface area (Å²) in [5.41, 5.74) is 12.0. The molecule has 0 aliphatic carbocycles. The van der Waals surface area contributed by atoms with Crippen LogP contribution in [0.15, 0.2) is 176 Å². The van der Waals surface area contributed by atoms with Crippen LogP contribution in [0.5, 0.6) is 0 Å². The van der Waals surface area contributed by atoms with Gasteiger partial charge in [-0.3, -0.25) is 0 Å². The Bertz CT molecular complexity index is 2350. The first-order valence-corrected chi connectivity index (χ1v) is 16.0. The van der Waals surface area contributed by atoms with Crippen molar-refractivity contribution in [1.29, 1.82) is 0 Å². The molecule has 0 spiro atoms. The van der Waals surface area contributed by atoms with Gasteiger partial charge in [-0.25, -0.2) is 14.8 Å². The van der Waals surface area contributed by atoms with Gasteiger partial charge in [-0.05, 0) is 38.6 Å². The molecule has 48 heavy (non-hydrogen) atoms. The molecule has 0 bridgehead atoms. The van der Waals surface area contributed by atoms with Crippen molar-refractivity contribution in [2.45, 2.75) is 0 Å². The average molecular weight is 612 g/mol. The quantitative estimate of drug-likeness (QED) is 0.175. The molecule has 0 unspecified atom stereocenters. The molecule has 1 aromatic heterocycles. The second kappa shape index (κ2) is 12.6. The van der Waals surface area contributed by atoms with E-state index in [4.69, 9.17) is 16.5 Å². The predicted molar refractivity (Wildman–Crippen MR) is 198 cm³/mol. The van der Waals surface area contributed by atoms with E-state index in [-0.39, 0.29) is 0 Å². The fourth-order valence-electron chi connectivity index (χ4n) is 6.40. The molecular weight excluding hydrogens is 583 g/mol. The van der Waals surface area contributed by atoms with Crippen LogP contribution in [0.1, 0.15) is 0 Å². The minimum Gasteiger partial charge on any atom is -0.238 e. The number of benzene rings is 7. The predicted octanol–water partition coefficient (Wildman–Crippen LogP) is 12.2. The highest BCUT2D eigenvalue weighted by Gasteiger charge is 2.20. The van der Waals surface area contributed by atoms with Gasteiger partial charge in [-0.15, -0.1) is 0 Å². The highest BCUT2D eigenvalue weighted by Crippen LogP contribution is 2.41. The molecule has 0 saturated carbocycles. The first-order valence-electron chi connectivity index (χ1n) is 16.0. The lowest BCUT2D eigenvalue weighted by Gasteiger charge is -2.17. The SMILES string of the molecule is [C-]#[N+]c1ccc(-c2ccc3ccccc3c2-c2ccc(-c3nc(-c4ccccc4)c(-c4ccccc4)c(-c4ccccc4)n3)cc2)cc1. The van der Waals surface area contributed by atoms with E-state index in [0.29, 0.717) is 11.5 Å². The third kappa shape index (κ3) is 5.42. The van der Waals surface area contributed by atoms with Gasteiger partial charge in [0.15, 0.2) is 11.5 Å². The van der Waals surface area contributed by atoms with E-state index in [9.17, 15) is 0 Å². The van der Waals surface area contributed by atoms with Gasteiger partial charge >= 0.3 is 0 Å². The van der Waals surface area contributed by atoms with E-state index >= 15 is 0 Å². The minimum absolute atomic E-state index is 0.633. The molecule has 0 fully saturated rings. The van der Waals surface area contributed by atoms with Crippen molar-refractivity contribution in [3.8, 4) is 67.3 Å². The molecule has 8 aromatic rings. The molecule has 1 heterocycles. The molecule has 0 amide bonds. The second-order valence-corrected chi connectivity index (χ2v) is 11.7. The van der Waals surface area contributed by atoms with Crippen molar-refractivity contribution < 1.29 is 0 Å². The Morgan fingerprint density at radius 3 is 1.44 bits per heavy atom. The lowest BCUT2D eigenvalue weighted by Crippen LogP contribution is -2.00. The first kappa shape index (κ1) is 28.8. The van der Waals surface area contributed by atoms with E-state index in [0.717, 1.165) is 61.5 Å². The summed E-state index contributed by atoms with van der Waals surface area (Å²) < 4.78 is 0. The van der Waals surface area contributed by atoms with Crippen molar-refractivity contribution in [3.05, 3.63) is 187 Å². The largest absolute Gasteiger partial charge is 0.238 e. The van der Waals surface area contributed by atoms with Crippen LogP contribution in [-0.2, 0) is 0 Å². The van der Waals surface area contributed by atoms with Gasteiger partial charge in [0.05, 0.1) is 18.0 Å². The lowest BCUT2D eigenvalue weighted by molar-refractivity contribution is 1.18. The van der Waals surface area contributed by atoms with Crippen LogP contribution >= 0.6 is 0 Å². The van der Waals surface area contributed by atoms with E-state index < -0.39 is 0 Å². The van der Waals surface area contributed by atoms with Crippen molar-refractivity contribution in [3.63, 3.8) is 0 Å². The van der Waals surface area contributed by atoms with E-state index in [1.807, 2.05) is 42.5 Å². The van der Waals surface area contributed by atoms with Crippen molar-refractivity contribution in [1.82, 2.24) is 9.97 Å². The van der Waals surface area contributed by atoms with Crippen molar-refractivity contribution in [2.75, 3.05) is 0 Å². The Balaban J connectivity index is 1.31. The molecule has 0 atom stereocenters. The van der Waals surface area contributed by atoms with Crippen LogP contribution in [-0.4, -0.2) is 9.97 Å². The lowest BCUT2D eigenvalue weighted by atomic mass is 9.89. The van der Waals surface area contributed by atoms with Gasteiger partial charge in [0.25, 0.3) is 0 Å². The average Bonchev–Trinajstić information content (AvgIpc) is 3.18. The molecule has 0 N–H and O–H groups in total. The van der Waals surface area contributed by atoms with Gasteiger partial charge in [0.2, 0.25) is 0 Å². The molecule has 0 aliphatic rings. The molecule has 224 valence electrons. The fraction of sp³-hybridized carbons (Fsp3) is 0. The molecule has 3 nitrogen and oxygen atoms in total. The zero-order valence-electron chi connectivity index (χ0n) is 26.1. The van der Waals surface area contributed by atoms with Crippen LogP contribution in [0.3, 0.4) is 0 Å². The van der Waals surface area contributed by atoms with Crippen LogP contribution in [0, 0.1) is 6.57 Å². The van der Waals surface area contributed by atoms with Gasteiger partial charge in [-0.2, -0.15) is 0 Å². The van der Waals surface area contributed by atoms with Crippen LogP contribution in [0.4, 0.5) is 5.69 Å². The molecule has 7 aromatic carbocycles. The maximum absolute atomic E-state index is 7.39. The van der Waals surface area contributed by atoms with Crippen LogP contribution < -0.4 is 0 Å². The first-order chi connectivity index (χ1) is 23.8. The summed E-state index contributed by atoms with van der Waals surface area (Å²) in [7, 11) is 0. The summed E-state index contributed by atoms with van der Waals surface area (Å²) in [4.78, 5) is 14.1. The van der Waals surface area contributed by atoms with Crippen molar-refractivity contribution in [2.24, 2.45) is 0 Å². The van der Waals surface area contributed by atoms with Gasteiger partial charge in [0, 0.05) is 22.3 Å². The zero-order chi connectivity index (χ0) is 32.3. The topological polar surface area (TPSA) is 30.1 Å². The Morgan fingerprint density at radius 1 is 0.375 bits per heavy atom. The number of nitrogens with zero attached hydrogens (tertiary/aromatic N) is 3. The molecule has 0 aliphatic heterocycles. The Hall–Kier alpha value is -6.63. The third-order valence-corrected chi connectivity index (χ3v) is 8.73. The van der Waals surface area contributed by atoms with Crippen LogP contribution in [0.2, 0.25) is 0 Å². The standard InChI is InChI=1S/C45H29N3/c1-46-38-28-25-32(26-29-38)40-30-27-31-13-11-12-20-39(31)41(40)34-21-23-37(24-22-34)45-47-43(35-16-7-3-8-17-35)42(33-14-5-2-6-15-33)44(48-45)36-18-9-4-10-19-36/h2-30H. The molecule has 3 heteroatoms. The van der Waals surface area contributed by atoms with E-state index in [2.05, 4.69) is 138 Å². The Labute approximate surface area is 280 Å². The molecule has 8 rings (SSSR count). The number of aromatic nitrogens is 2. The van der Waals surface area contributed by atoms with E-state index in [1.54, 1.807) is 0 Å². The summed E-state index contributed by atoms with van der Waals surface area (Å²) in [6.07, 6.45) is 0. The highest BCUT2D eigenvalue weighted by atomic mass is 14.9. The van der Waals surface area contributed by atoms with Gasteiger partial charge in [0.1, 0.15) is 0 Å². The molecule has 0 radical (unpaired) electrons. The van der Waals surface area contributed by atoms with E-state index in [1.165, 1.54) is 10.8 Å². The maximum Gasteiger partial charge on any atom is 0.187 e. The van der Waals surface area contributed by atoms with Crippen LogP contribution in [0.25, 0.3) is 82.9 Å². The Kier molecular flexibility index (Phi) is 7.59. The summed E-state index contributed by atoms with van der Waals surface area (Å²) >= 11 is 0. The fourth-order valence-corrected chi connectivity index (χ4v) is 6.40. The normalized spacial score (nSPS) is 10.9. The zero-order valence-corrected chi connectivity index (χ0v) is 26.1. The van der Waals surface area contributed by atoms with Gasteiger partial charge in [-0.1, -0.05) is 176 Å². The molecule has 0 saturated heterocycles. The highest BCUT2D eigenvalue weighted by molar-refractivity contribution is 6.04. The number of rotatable bonds is 6. The number of hydrogen-bond acceptors (Lipinski definition) is 2. The number of hydrogen-bond donors (Lipinski definition) is 0. The second-order valence-electron chi connectivity index (χ2n) is 11.7. The monoisotopic (exact) mass is 611 g/mol. The maximum atomic E-state index is 7.39. The minimum atomic E-state index is 0.633. The smallest absolute Gasteiger partial charge is 0.187 e. The van der Waals surface area contributed by atoms with Crippen molar-refractivity contribution >= 4 is 16.5 Å². The third-order valence-electron chi connectivity index (χ3n) is 8.73. The molecular formula is C45H29N3. The van der Waals surface area contributed by atoms with Gasteiger partial charge < -0.3 is 0 Å². The summed E-state index contributed by atoms with van der Waals surface area (Å²) in [5.74, 6) is 0.673. The Morgan fingerprint density at radius 2 is 0.854 bits per heavy atom. The summed E-state index contributed by atoms with van der Waals surface area (Å²) in [6.45, 7) is 7.39. The number of fused-ring (bicyclic) bond motifs is 1. The summed E-state index contributed by atoms with van der Waals surface area (Å²) in [5, 5.41) is 2.36.